The first kappa shape index (κ1) is 19.3. The summed E-state index contributed by atoms with van der Waals surface area (Å²) in [5.74, 6) is -0.109. The normalized spacial score (nSPS) is 11.0. The number of carbonyl (C=O) groups is 2. The fourth-order valence-corrected chi connectivity index (χ4v) is 1.98. The number of rotatable bonds is 5. The van der Waals surface area contributed by atoms with Crippen molar-refractivity contribution in [2.24, 2.45) is 0 Å². The van der Waals surface area contributed by atoms with E-state index in [9.17, 15) is 9.59 Å². The third-order valence-electron chi connectivity index (χ3n) is 3.06. The lowest BCUT2D eigenvalue weighted by atomic mass is 10.2. The molecule has 0 radical (unpaired) electrons. The molecule has 0 heterocycles. The zero-order chi connectivity index (χ0) is 17.6. The number of nitrogens with one attached hydrogen (secondary N) is 1. The molecule has 6 heteroatoms. The summed E-state index contributed by atoms with van der Waals surface area (Å²) < 4.78 is 5.25. The molecule has 5 nitrogen and oxygen atoms in total. The maximum Gasteiger partial charge on any atom is 0.410 e. The molecule has 1 N–H and O–H groups in total. The molecule has 1 aromatic carbocycles. The number of hydrogen-bond donors (Lipinski definition) is 1. The Balaban J connectivity index is 2.36. The lowest BCUT2D eigenvalue weighted by Gasteiger charge is -2.24. The first-order chi connectivity index (χ1) is 10.6. The fraction of sp³-hybridized carbons (Fsp3) is 0.529. The van der Waals surface area contributed by atoms with Crippen LogP contribution in [0, 0.1) is 6.92 Å². The van der Waals surface area contributed by atoms with E-state index in [1.54, 1.807) is 13.1 Å². The fourth-order valence-electron chi connectivity index (χ4n) is 1.80. The Bertz CT molecular complexity index is 567. The molecule has 0 bridgehead atoms. The highest BCUT2D eigenvalue weighted by atomic mass is 35.5. The zero-order valence-corrected chi connectivity index (χ0v) is 15.2. The lowest BCUT2D eigenvalue weighted by Crippen LogP contribution is -2.35. The topological polar surface area (TPSA) is 58.6 Å². The highest BCUT2D eigenvalue weighted by Gasteiger charge is 2.19. The third kappa shape index (κ3) is 7.37. The van der Waals surface area contributed by atoms with E-state index in [1.165, 1.54) is 4.90 Å². The zero-order valence-electron chi connectivity index (χ0n) is 14.4. The molecule has 0 aliphatic heterocycles. The summed E-state index contributed by atoms with van der Waals surface area (Å²) in [6, 6.07) is 5.39. The van der Waals surface area contributed by atoms with E-state index in [0.29, 0.717) is 30.1 Å². The molecule has 0 unspecified atom stereocenters. The van der Waals surface area contributed by atoms with Gasteiger partial charge in [0.1, 0.15) is 5.60 Å². The number of halogens is 1. The first-order valence-corrected chi connectivity index (χ1v) is 7.96. The number of hydrogen-bond acceptors (Lipinski definition) is 3. The molecule has 0 aromatic heterocycles. The van der Waals surface area contributed by atoms with Crippen molar-refractivity contribution in [3.8, 4) is 0 Å². The van der Waals surface area contributed by atoms with Gasteiger partial charge in [0.25, 0.3) is 0 Å². The Hall–Kier alpha value is -1.75. The van der Waals surface area contributed by atoms with Gasteiger partial charge in [-0.15, -0.1) is 0 Å². The third-order valence-corrected chi connectivity index (χ3v) is 3.47. The molecule has 0 aliphatic rings. The van der Waals surface area contributed by atoms with E-state index in [1.807, 2.05) is 39.8 Å². The van der Waals surface area contributed by atoms with E-state index in [-0.39, 0.29) is 12.0 Å². The Morgan fingerprint density at radius 3 is 2.52 bits per heavy atom. The molecule has 0 aliphatic carbocycles. The van der Waals surface area contributed by atoms with Gasteiger partial charge in [-0.05, 0) is 51.8 Å². The summed E-state index contributed by atoms with van der Waals surface area (Å²) in [6.07, 6.45) is 0.489. The molecule has 0 spiro atoms. The number of aryl methyl sites for hydroxylation is 1. The van der Waals surface area contributed by atoms with Crippen molar-refractivity contribution in [2.75, 3.05) is 18.9 Å². The molecule has 23 heavy (non-hydrogen) atoms. The molecule has 128 valence electrons. The van der Waals surface area contributed by atoms with Crippen LogP contribution in [0.4, 0.5) is 10.5 Å². The molecule has 1 rings (SSSR count). The largest absolute Gasteiger partial charge is 0.444 e. The van der Waals surface area contributed by atoms with Gasteiger partial charge in [0.2, 0.25) is 5.91 Å². The van der Waals surface area contributed by atoms with Crippen LogP contribution in [0.25, 0.3) is 0 Å². The maximum absolute atomic E-state index is 11.9. The summed E-state index contributed by atoms with van der Waals surface area (Å²) in [5, 5.41) is 3.41. The van der Waals surface area contributed by atoms with Gasteiger partial charge in [0, 0.05) is 30.7 Å². The predicted octanol–water partition coefficient (Wildman–Crippen LogP) is 4.23. The summed E-state index contributed by atoms with van der Waals surface area (Å²) in [6.45, 7) is 7.81. The molecule has 2 amide bonds. The monoisotopic (exact) mass is 340 g/mol. The quantitative estimate of drug-likeness (QED) is 0.872. The standard InChI is InChI=1S/C17H25ClN2O3/c1-12-8-9-13(11-14(12)18)19-15(21)7-6-10-20(5)16(22)23-17(2,3)4/h8-9,11H,6-7,10H2,1-5H3,(H,19,21). The Kier molecular flexibility index (Phi) is 6.88. The Labute approximate surface area is 142 Å². The minimum absolute atomic E-state index is 0.109. The van der Waals surface area contributed by atoms with Crippen LogP contribution in [0.2, 0.25) is 5.02 Å². The molecule has 0 fully saturated rings. The van der Waals surface area contributed by atoms with Crippen molar-refractivity contribution in [3.05, 3.63) is 28.8 Å². The van der Waals surface area contributed by atoms with E-state index < -0.39 is 5.60 Å². The average Bonchev–Trinajstić information content (AvgIpc) is 2.41. The number of anilines is 1. The molecule has 0 saturated heterocycles. The van der Waals surface area contributed by atoms with Crippen LogP contribution >= 0.6 is 11.6 Å². The molecule has 0 atom stereocenters. The minimum Gasteiger partial charge on any atom is -0.444 e. The van der Waals surface area contributed by atoms with Crippen molar-refractivity contribution in [1.29, 1.82) is 0 Å². The van der Waals surface area contributed by atoms with E-state index in [4.69, 9.17) is 16.3 Å². The summed E-state index contributed by atoms with van der Waals surface area (Å²) in [7, 11) is 1.66. The number of carbonyl (C=O) groups excluding carboxylic acids is 2. The van der Waals surface area contributed by atoms with Gasteiger partial charge in [-0.1, -0.05) is 17.7 Å². The SMILES string of the molecule is Cc1ccc(NC(=O)CCCN(C)C(=O)OC(C)(C)C)cc1Cl. The first-order valence-electron chi connectivity index (χ1n) is 7.58. The van der Waals surface area contributed by atoms with Crippen LogP contribution in [0.5, 0.6) is 0 Å². The van der Waals surface area contributed by atoms with Gasteiger partial charge in [0.05, 0.1) is 0 Å². The highest BCUT2D eigenvalue weighted by Crippen LogP contribution is 2.20. The van der Waals surface area contributed by atoms with Gasteiger partial charge >= 0.3 is 6.09 Å². The van der Waals surface area contributed by atoms with Gasteiger partial charge in [-0.25, -0.2) is 4.79 Å². The van der Waals surface area contributed by atoms with Crippen molar-refractivity contribution >= 4 is 29.3 Å². The average molecular weight is 341 g/mol. The van der Waals surface area contributed by atoms with Crippen molar-refractivity contribution < 1.29 is 14.3 Å². The summed E-state index contributed by atoms with van der Waals surface area (Å²) in [4.78, 5) is 25.2. The second-order valence-corrected chi connectivity index (χ2v) is 6.92. The van der Waals surface area contributed by atoms with Crippen LogP contribution in [-0.4, -0.2) is 36.1 Å². The van der Waals surface area contributed by atoms with Crippen LogP contribution < -0.4 is 5.32 Å². The highest BCUT2D eigenvalue weighted by molar-refractivity contribution is 6.31. The van der Waals surface area contributed by atoms with Gasteiger partial charge in [-0.2, -0.15) is 0 Å². The molecular weight excluding hydrogens is 316 g/mol. The van der Waals surface area contributed by atoms with E-state index in [0.717, 1.165) is 5.56 Å². The maximum atomic E-state index is 11.9. The van der Waals surface area contributed by atoms with Gasteiger partial charge < -0.3 is 15.0 Å². The second-order valence-electron chi connectivity index (χ2n) is 6.52. The van der Waals surface area contributed by atoms with Crippen LogP contribution in [-0.2, 0) is 9.53 Å². The molecule has 0 saturated carbocycles. The van der Waals surface area contributed by atoms with Crippen molar-refractivity contribution in [3.63, 3.8) is 0 Å². The Morgan fingerprint density at radius 2 is 1.96 bits per heavy atom. The minimum atomic E-state index is -0.520. The number of ether oxygens (including phenoxy) is 1. The summed E-state index contributed by atoms with van der Waals surface area (Å²) in [5.41, 5.74) is 1.11. The van der Waals surface area contributed by atoms with Crippen molar-refractivity contribution in [2.45, 2.75) is 46.1 Å². The summed E-state index contributed by atoms with van der Waals surface area (Å²) >= 11 is 6.02. The van der Waals surface area contributed by atoms with Crippen LogP contribution in [0.3, 0.4) is 0 Å². The van der Waals surface area contributed by atoms with Crippen LogP contribution in [0.1, 0.15) is 39.2 Å². The van der Waals surface area contributed by atoms with Gasteiger partial charge in [0.15, 0.2) is 0 Å². The lowest BCUT2D eigenvalue weighted by molar-refractivity contribution is -0.116. The van der Waals surface area contributed by atoms with E-state index >= 15 is 0 Å². The number of amides is 2. The van der Waals surface area contributed by atoms with Gasteiger partial charge in [-0.3, -0.25) is 4.79 Å². The van der Waals surface area contributed by atoms with Crippen molar-refractivity contribution in [1.82, 2.24) is 4.90 Å². The second kappa shape index (κ2) is 8.20. The van der Waals surface area contributed by atoms with E-state index in [2.05, 4.69) is 5.32 Å². The molecular formula is C17H25ClN2O3. The number of benzene rings is 1. The molecule has 1 aromatic rings. The Morgan fingerprint density at radius 1 is 1.30 bits per heavy atom. The van der Waals surface area contributed by atoms with Crippen LogP contribution in [0.15, 0.2) is 18.2 Å². The number of nitrogens with zero attached hydrogens (tertiary/aromatic N) is 1. The predicted molar refractivity (Wildman–Crippen MR) is 92.9 cm³/mol. The smallest absolute Gasteiger partial charge is 0.410 e.